The SMILES string of the molecule is O=C1Oc2ccc([N+](=O)[O-])cc2[C@H]2c3sc(=O)[nH]c3S[C@H]3[C@@H]4C[C@H]([C@@H]1[C@H]4C(=O)O)[C@H]23. The van der Waals surface area contributed by atoms with Crippen LogP contribution in [0.4, 0.5) is 5.69 Å². The molecule has 2 bridgehead atoms. The van der Waals surface area contributed by atoms with E-state index in [9.17, 15) is 29.6 Å². The number of nitrogens with one attached hydrogen (secondary N) is 1. The lowest BCUT2D eigenvalue weighted by Crippen LogP contribution is -2.49. The third-order valence-electron chi connectivity index (χ3n) is 7.02. The Hall–Kier alpha value is -2.66. The second-order valence-electron chi connectivity index (χ2n) is 8.20. The van der Waals surface area contributed by atoms with Gasteiger partial charge in [0.15, 0.2) is 0 Å². The summed E-state index contributed by atoms with van der Waals surface area (Å²) in [6, 6.07) is 4.10. The van der Waals surface area contributed by atoms with E-state index in [2.05, 4.69) is 4.98 Å². The number of carbonyl (C=O) groups is 2. The van der Waals surface area contributed by atoms with Gasteiger partial charge in [-0.2, -0.15) is 0 Å². The number of thioether (sulfide) groups is 1. The highest BCUT2D eigenvalue weighted by Gasteiger charge is 2.67. The lowest BCUT2D eigenvalue weighted by atomic mass is 9.66. The van der Waals surface area contributed by atoms with E-state index in [1.54, 1.807) is 0 Å². The van der Waals surface area contributed by atoms with Crippen molar-refractivity contribution in [2.45, 2.75) is 22.6 Å². The van der Waals surface area contributed by atoms with Gasteiger partial charge in [-0.05, 0) is 30.2 Å². The smallest absolute Gasteiger partial charge is 0.315 e. The van der Waals surface area contributed by atoms with Crippen molar-refractivity contribution in [2.24, 2.45) is 29.6 Å². The molecule has 6 rings (SSSR count). The number of carbonyl (C=O) groups excluding carboxylic acids is 1. The van der Waals surface area contributed by atoms with Crippen molar-refractivity contribution < 1.29 is 24.4 Å². The summed E-state index contributed by atoms with van der Waals surface area (Å²) >= 11 is 2.55. The Morgan fingerprint density at radius 2 is 2.10 bits per heavy atom. The van der Waals surface area contributed by atoms with Crippen LogP contribution in [0.25, 0.3) is 0 Å². The predicted octanol–water partition coefficient (Wildman–Crippen LogP) is 2.45. The van der Waals surface area contributed by atoms with E-state index >= 15 is 0 Å². The zero-order valence-electron chi connectivity index (χ0n) is 15.1. The first kappa shape index (κ1) is 18.1. The van der Waals surface area contributed by atoms with E-state index < -0.39 is 28.7 Å². The minimum absolute atomic E-state index is 0.0897. The number of aliphatic carboxylic acids is 1. The number of benzene rings is 1. The predicted molar refractivity (Wildman–Crippen MR) is 105 cm³/mol. The van der Waals surface area contributed by atoms with Gasteiger partial charge >= 0.3 is 16.8 Å². The van der Waals surface area contributed by atoms with Crippen molar-refractivity contribution >= 4 is 40.7 Å². The summed E-state index contributed by atoms with van der Waals surface area (Å²) in [5.41, 5.74) is 0.398. The Kier molecular flexibility index (Phi) is 3.59. The second-order valence-corrected chi connectivity index (χ2v) is 10.4. The van der Waals surface area contributed by atoms with Gasteiger partial charge < -0.3 is 14.8 Å². The van der Waals surface area contributed by atoms with Crippen LogP contribution < -0.4 is 9.61 Å². The number of aromatic nitrogens is 1. The Balaban J connectivity index is 1.63. The highest BCUT2D eigenvalue weighted by atomic mass is 32.2. The molecular weight excluding hydrogens is 432 g/mol. The number of non-ortho nitro benzene ring substituents is 1. The third-order valence-corrected chi connectivity index (χ3v) is 9.61. The number of hydrogen-bond acceptors (Lipinski definition) is 8. The average Bonchev–Trinajstić information content (AvgIpc) is 3.35. The van der Waals surface area contributed by atoms with Crippen LogP contribution in [-0.4, -0.2) is 32.2 Å². The van der Waals surface area contributed by atoms with Gasteiger partial charge in [0.2, 0.25) is 0 Å². The van der Waals surface area contributed by atoms with Crippen molar-refractivity contribution in [1.82, 2.24) is 4.98 Å². The highest BCUT2D eigenvalue weighted by molar-refractivity contribution is 8.00. The summed E-state index contributed by atoms with van der Waals surface area (Å²) in [5, 5.41) is 21.9. The van der Waals surface area contributed by atoms with Crippen LogP contribution in [0, 0.1) is 39.7 Å². The fraction of sp³-hybridized carbons (Fsp3) is 0.421. The van der Waals surface area contributed by atoms with Crippen molar-refractivity contribution in [2.75, 3.05) is 0 Å². The van der Waals surface area contributed by atoms with Crippen molar-refractivity contribution in [3.05, 3.63) is 48.4 Å². The van der Waals surface area contributed by atoms with Crippen LogP contribution >= 0.6 is 23.1 Å². The van der Waals surface area contributed by atoms with Crippen molar-refractivity contribution in [1.29, 1.82) is 0 Å². The third kappa shape index (κ3) is 2.21. The molecule has 11 heteroatoms. The number of nitro benzene ring substituents is 1. The lowest BCUT2D eigenvalue weighted by Gasteiger charge is -2.45. The molecule has 0 amide bonds. The van der Waals surface area contributed by atoms with Crippen LogP contribution in [0.2, 0.25) is 0 Å². The topological polar surface area (TPSA) is 140 Å². The number of hydrogen-bond donors (Lipinski definition) is 2. The number of nitrogens with zero attached hydrogens (tertiary/aromatic N) is 1. The summed E-state index contributed by atoms with van der Waals surface area (Å²) in [4.78, 5) is 51.5. The molecule has 7 atom stereocenters. The van der Waals surface area contributed by atoms with Gasteiger partial charge in [0.1, 0.15) is 5.75 Å². The second kappa shape index (κ2) is 5.94. The molecule has 0 unspecified atom stereocenters. The summed E-state index contributed by atoms with van der Waals surface area (Å²) in [6.45, 7) is 0. The number of H-pyrrole nitrogens is 1. The van der Waals surface area contributed by atoms with Gasteiger partial charge in [-0.1, -0.05) is 11.3 Å². The molecule has 4 aliphatic rings. The highest BCUT2D eigenvalue weighted by Crippen LogP contribution is 2.68. The molecule has 3 heterocycles. The first-order chi connectivity index (χ1) is 14.3. The van der Waals surface area contributed by atoms with Gasteiger partial charge in [0.05, 0.1) is 21.8 Å². The number of esters is 1. The van der Waals surface area contributed by atoms with E-state index in [4.69, 9.17) is 4.74 Å². The zero-order chi connectivity index (χ0) is 20.9. The fourth-order valence-electron chi connectivity index (χ4n) is 6.10. The Morgan fingerprint density at radius 1 is 1.30 bits per heavy atom. The number of ether oxygens (including phenoxy) is 1. The van der Waals surface area contributed by atoms with Crippen LogP contribution in [0.3, 0.4) is 0 Å². The van der Waals surface area contributed by atoms with Crippen LogP contribution in [0.15, 0.2) is 28.0 Å². The van der Waals surface area contributed by atoms with E-state index in [0.29, 0.717) is 17.0 Å². The number of thiazole rings is 1. The molecule has 1 aromatic heterocycles. The average molecular weight is 446 g/mol. The number of nitro groups is 1. The maximum absolute atomic E-state index is 13.0. The van der Waals surface area contributed by atoms with Crippen LogP contribution in [0.1, 0.15) is 22.8 Å². The molecule has 0 radical (unpaired) electrons. The molecule has 2 saturated carbocycles. The van der Waals surface area contributed by atoms with Gasteiger partial charge in [0.25, 0.3) is 5.69 Å². The Morgan fingerprint density at radius 3 is 2.83 bits per heavy atom. The minimum atomic E-state index is -1.01. The minimum Gasteiger partial charge on any atom is -0.481 e. The molecule has 30 heavy (non-hydrogen) atoms. The zero-order valence-corrected chi connectivity index (χ0v) is 16.8. The van der Waals surface area contributed by atoms with E-state index in [1.807, 2.05) is 0 Å². The standard InChI is InChI=1S/C19H14N2O7S2/c22-17(23)12-8-4-7-11-10(15-16(29-14(8)11)20-19(25)30-15)6-3-5(21(26)27)1-2-9(6)28-18(24)13(7)12/h1-3,7-8,10-14H,4H2,(H,20,25)(H,22,23)/t7-,8+,10+,11+,12-,13+,14-/m0/s1. The molecule has 9 nitrogen and oxygen atoms in total. The molecule has 2 aliphatic heterocycles. The van der Waals surface area contributed by atoms with Crippen molar-refractivity contribution in [3.8, 4) is 5.75 Å². The summed E-state index contributed by atoms with van der Waals surface area (Å²) in [6.07, 6.45) is 0.596. The van der Waals surface area contributed by atoms with Gasteiger partial charge in [-0.3, -0.25) is 24.5 Å². The Labute approximate surface area is 176 Å². The summed E-state index contributed by atoms with van der Waals surface area (Å²) < 4.78 is 5.63. The van der Waals surface area contributed by atoms with Gasteiger partial charge in [-0.25, -0.2) is 0 Å². The molecular formula is C19H14N2O7S2. The number of rotatable bonds is 2. The Bertz CT molecular complexity index is 1200. The molecule has 1 aromatic carbocycles. The van der Waals surface area contributed by atoms with E-state index in [0.717, 1.165) is 16.2 Å². The number of fused-ring (bicyclic) bond motifs is 6. The largest absolute Gasteiger partial charge is 0.481 e. The molecule has 2 aromatic rings. The summed E-state index contributed by atoms with van der Waals surface area (Å²) in [7, 11) is 0. The molecule has 2 N–H and O–H groups in total. The quantitative estimate of drug-likeness (QED) is 0.310. The molecule has 2 fully saturated rings. The first-order valence-electron chi connectivity index (χ1n) is 9.47. The molecule has 0 spiro atoms. The van der Waals surface area contributed by atoms with Gasteiger partial charge in [-0.15, -0.1) is 11.8 Å². The lowest BCUT2D eigenvalue weighted by molar-refractivity contribution is -0.385. The fourth-order valence-corrected chi connectivity index (χ4v) is 8.98. The maximum atomic E-state index is 13.0. The number of carboxylic acids is 1. The number of carboxylic acid groups (broad SMARTS) is 1. The van der Waals surface area contributed by atoms with Crippen LogP contribution in [0.5, 0.6) is 5.75 Å². The number of aromatic amines is 1. The molecule has 154 valence electrons. The van der Waals surface area contributed by atoms with E-state index in [-0.39, 0.29) is 45.2 Å². The molecule has 2 aliphatic carbocycles. The molecule has 0 saturated heterocycles. The maximum Gasteiger partial charge on any atom is 0.315 e. The normalized spacial score (nSPS) is 35.1. The van der Waals surface area contributed by atoms with Crippen LogP contribution in [-0.2, 0) is 9.59 Å². The van der Waals surface area contributed by atoms with E-state index in [1.165, 1.54) is 30.0 Å². The van der Waals surface area contributed by atoms with Crippen molar-refractivity contribution in [3.63, 3.8) is 0 Å². The summed E-state index contributed by atoms with van der Waals surface area (Å²) in [5.74, 6) is -3.84. The van der Waals surface area contributed by atoms with Gasteiger partial charge in [0, 0.05) is 33.7 Å². The monoisotopic (exact) mass is 446 g/mol. The first-order valence-corrected chi connectivity index (χ1v) is 11.2.